The number of fused-ring (bicyclic) bond motifs is 1. The number of hydrogen-bond donors (Lipinski definition) is 0. The van der Waals surface area contributed by atoms with Crippen LogP contribution in [0.5, 0.6) is 0 Å². The predicted octanol–water partition coefficient (Wildman–Crippen LogP) is 3.07. The Morgan fingerprint density at radius 1 is 1.10 bits per heavy atom. The monoisotopic (exact) mass is 447 g/mol. The number of imidazole rings is 1. The molecule has 0 aromatic carbocycles. The predicted molar refractivity (Wildman–Crippen MR) is 114 cm³/mol. The smallest absolute Gasteiger partial charge is 0.281 e. The van der Waals surface area contributed by atoms with Crippen molar-refractivity contribution in [1.29, 1.82) is 0 Å². The maximum absolute atomic E-state index is 13.1. The standard InChI is InChI=1S/C20H23F2N7OS/c21-19(22)15-13-29-16(10-25-18(29)11-24-15)20-23-4-3-17(26-20)27-5-1-2-14(12-27)31-28-6-8-30-9-7-28/h3-4,10-11,13-14,19H,1-2,5-9,12H2. The minimum atomic E-state index is -2.65. The summed E-state index contributed by atoms with van der Waals surface area (Å²) in [5.41, 5.74) is 0.743. The second-order valence-electron chi connectivity index (χ2n) is 7.58. The lowest BCUT2D eigenvalue weighted by molar-refractivity contribution is 0.0770. The van der Waals surface area contributed by atoms with Gasteiger partial charge in [0.25, 0.3) is 6.43 Å². The van der Waals surface area contributed by atoms with Gasteiger partial charge in [-0.1, -0.05) is 11.9 Å². The lowest BCUT2D eigenvalue weighted by Gasteiger charge is -2.36. The normalized spacial score (nSPS) is 20.6. The minimum absolute atomic E-state index is 0.304. The number of hydrogen-bond acceptors (Lipinski definition) is 8. The molecule has 0 bridgehead atoms. The molecule has 5 rings (SSSR count). The highest BCUT2D eigenvalue weighted by Crippen LogP contribution is 2.29. The van der Waals surface area contributed by atoms with Gasteiger partial charge in [-0.25, -0.2) is 33.0 Å². The molecule has 31 heavy (non-hydrogen) atoms. The van der Waals surface area contributed by atoms with Gasteiger partial charge in [-0.3, -0.25) is 4.40 Å². The van der Waals surface area contributed by atoms with Gasteiger partial charge in [-0.15, -0.1) is 0 Å². The Balaban J connectivity index is 1.36. The van der Waals surface area contributed by atoms with Crippen LogP contribution < -0.4 is 4.90 Å². The van der Waals surface area contributed by atoms with Gasteiger partial charge in [-0.05, 0) is 18.9 Å². The van der Waals surface area contributed by atoms with E-state index in [2.05, 4.69) is 24.2 Å². The Hall–Kier alpha value is -2.37. The third kappa shape index (κ3) is 4.48. The zero-order valence-electron chi connectivity index (χ0n) is 16.9. The molecule has 11 heteroatoms. The number of alkyl halides is 2. The Morgan fingerprint density at radius 3 is 2.81 bits per heavy atom. The molecule has 0 spiro atoms. The Bertz CT molecular complexity index is 1040. The third-order valence-corrected chi connectivity index (χ3v) is 6.83. The fourth-order valence-corrected chi connectivity index (χ4v) is 5.23. The van der Waals surface area contributed by atoms with Crippen LogP contribution >= 0.6 is 11.9 Å². The van der Waals surface area contributed by atoms with Crippen LogP contribution in [0.4, 0.5) is 14.6 Å². The van der Waals surface area contributed by atoms with E-state index in [9.17, 15) is 8.78 Å². The van der Waals surface area contributed by atoms with Crippen LogP contribution in [0.15, 0.2) is 30.9 Å². The van der Waals surface area contributed by atoms with Crippen LogP contribution in [0.2, 0.25) is 0 Å². The summed E-state index contributed by atoms with van der Waals surface area (Å²) < 4.78 is 35.6. The number of ether oxygens (including phenoxy) is 1. The summed E-state index contributed by atoms with van der Waals surface area (Å²) in [6.07, 6.45) is 5.57. The van der Waals surface area contributed by atoms with Crippen molar-refractivity contribution in [1.82, 2.24) is 28.6 Å². The van der Waals surface area contributed by atoms with Crippen molar-refractivity contribution in [2.45, 2.75) is 24.5 Å². The van der Waals surface area contributed by atoms with E-state index in [4.69, 9.17) is 9.72 Å². The highest BCUT2D eigenvalue weighted by molar-refractivity contribution is 7.97. The highest BCUT2D eigenvalue weighted by atomic mass is 32.2. The van der Waals surface area contributed by atoms with Crippen molar-refractivity contribution in [2.75, 3.05) is 44.3 Å². The first-order valence-electron chi connectivity index (χ1n) is 10.4. The molecule has 1 atom stereocenters. The molecular weight excluding hydrogens is 424 g/mol. The van der Waals surface area contributed by atoms with E-state index >= 15 is 0 Å². The van der Waals surface area contributed by atoms with E-state index in [1.54, 1.807) is 16.8 Å². The van der Waals surface area contributed by atoms with Crippen molar-refractivity contribution in [3.8, 4) is 11.5 Å². The SMILES string of the molecule is FC(F)c1cn2c(-c3nccc(N4CCCC(SN5CCOCC5)C4)n3)cnc2cn1. The lowest BCUT2D eigenvalue weighted by Crippen LogP contribution is -2.41. The van der Waals surface area contributed by atoms with Crippen LogP contribution in [-0.2, 0) is 4.74 Å². The number of nitrogens with zero attached hydrogens (tertiary/aromatic N) is 7. The van der Waals surface area contributed by atoms with Gasteiger partial charge in [0.1, 0.15) is 17.2 Å². The van der Waals surface area contributed by atoms with Gasteiger partial charge in [0.05, 0.1) is 25.6 Å². The summed E-state index contributed by atoms with van der Waals surface area (Å²) in [5.74, 6) is 1.30. The topological polar surface area (TPSA) is 71.7 Å². The van der Waals surface area contributed by atoms with Crippen LogP contribution in [0.1, 0.15) is 25.0 Å². The van der Waals surface area contributed by atoms with Gasteiger partial charge >= 0.3 is 0 Å². The van der Waals surface area contributed by atoms with Gasteiger partial charge in [0.2, 0.25) is 0 Å². The molecule has 8 nitrogen and oxygen atoms in total. The summed E-state index contributed by atoms with van der Waals surface area (Å²) in [5, 5.41) is 0.501. The first kappa shape index (κ1) is 20.5. The first-order chi connectivity index (χ1) is 15.2. The first-order valence-corrected chi connectivity index (χ1v) is 11.2. The Labute approximate surface area is 182 Å². The fourth-order valence-electron chi connectivity index (χ4n) is 3.93. The number of piperidine rings is 1. The summed E-state index contributed by atoms with van der Waals surface area (Å²) in [4.78, 5) is 19.4. The molecule has 2 fully saturated rings. The maximum Gasteiger partial charge on any atom is 0.281 e. The van der Waals surface area contributed by atoms with Crippen LogP contribution in [0.3, 0.4) is 0 Å². The molecule has 0 radical (unpaired) electrons. The van der Waals surface area contributed by atoms with Crippen LogP contribution in [0.25, 0.3) is 17.2 Å². The molecule has 3 aromatic heterocycles. The minimum Gasteiger partial charge on any atom is -0.379 e. The van der Waals surface area contributed by atoms with Gasteiger partial charge in [-0.2, -0.15) is 0 Å². The quantitative estimate of drug-likeness (QED) is 0.553. The number of rotatable bonds is 5. The zero-order chi connectivity index (χ0) is 21.2. The van der Waals surface area contributed by atoms with Crippen molar-refractivity contribution >= 4 is 23.4 Å². The Kier molecular flexibility index (Phi) is 5.97. The van der Waals surface area contributed by atoms with Crippen LogP contribution in [0, 0.1) is 0 Å². The molecule has 5 heterocycles. The number of aromatic nitrogens is 5. The molecule has 0 saturated carbocycles. The zero-order valence-corrected chi connectivity index (χ0v) is 17.7. The molecule has 2 aliphatic rings. The summed E-state index contributed by atoms with van der Waals surface area (Å²) in [6.45, 7) is 5.35. The maximum atomic E-state index is 13.1. The molecule has 3 aromatic rings. The molecule has 1 unspecified atom stereocenters. The molecule has 0 aliphatic carbocycles. The number of morpholine rings is 1. The van der Waals surface area contributed by atoms with E-state index in [1.165, 1.54) is 18.8 Å². The molecular formula is C20H23F2N7OS. The van der Waals surface area contributed by atoms with Gasteiger partial charge < -0.3 is 9.64 Å². The van der Waals surface area contributed by atoms with E-state index < -0.39 is 6.43 Å². The van der Waals surface area contributed by atoms with E-state index in [-0.39, 0.29) is 5.69 Å². The third-order valence-electron chi connectivity index (χ3n) is 5.48. The largest absolute Gasteiger partial charge is 0.379 e. The average molecular weight is 448 g/mol. The van der Waals surface area contributed by atoms with E-state index in [0.29, 0.717) is 22.4 Å². The molecule has 164 valence electrons. The molecule has 0 amide bonds. The van der Waals surface area contributed by atoms with Crippen molar-refractivity contribution in [3.05, 3.63) is 36.5 Å². The molecule has 2 aliphatic heterocycles. The number of anilines is 1. The summed E-state index contributed by atoms with van der Waals surface area (Å²) in [6, 6.07) is 1.90. The van der Waals surface area contributed by atoms with Crippen molar-refractivity contribution < 1.29 is 13.5 Å². The van der Waals surface area contributed by atoms with E-state index in [1.807, 2.05) is 18.0 Å². The van der Waals surface area contributed by atoms with E-state index in [0.717, 1.165) is 51.6 Å². The average Bonchev–Trinajstić information content (AvgIpc) is 3.23. The van der Waals surface area contributed by atoms with Gasteiger partial charge in [0.15, 0.2) is 11.5 Å². The second-order valence-corrected chi connectivity index (χ2v) is 8.97. The van der Waals surface area contributed by atoms with Gasteiger partial charge in [0, 0.05) is 43.8 Å². The molecule has 2 saturated heterocycles. The fraction of sp³-hybridized carbons (Fsp3) is 0.500. The summed E-state index contributed by atoms with van der Waals surface area (Å²) >= 11 is 1.92. The number of halogens is 2. The van der Waals surface area contributed by atoms with Crippen molar-refractivity contribution in [3.63, 3.8) is 0 Å². The van der Waals surface area contributed by atoms with Crippen molar-refractivity contribution in [2.24, 2.45) is 0 Å². The van der Waals surface area contributed by atoms with Crippen LogP contribution in [-0.4, -0.2) is 73.3 Å². The second kappa shape index (κ2) is 9.01. The highest BCUT2D eigenvalue weighted by Gasteiger charge is 2.25. The molecule has 0 N–H and O–H groups in total. The summed E-state index contributed by atoms with van der Waals surface area (Å²) in [7, 11) is 0. The Morgan fingerprint density at radius 2 is 1.97 bits per heavy atom. The lowest BCUT2D eigenvalue weighted by atomic mass is 10.1.